The van der Waals surface area contributed by atoms with E-state index in [4.69, 9.17) is 10.5 Å². The fourth-order valence-electron chi connectivity index (χ4n) is 2.60. The molecule has 0 bridgehead atoms. The van der Waals surface area contributed by atoms with Crippen LogP contribution in [0, 0.1) is 13.8 Å². The topological polar surface area (TPSA) is 66.0 Å². The smallest absolute Gasteiger partial charge is 0.146 e. The molecule has 0 radical (unpaired) electrons. The summed E-state index contributed by atoms with van der Waals surface area (Å²) >= 11 is 0. The van der Waals surface area contributed by atoms with E-state index in [9.17, 15) is 0 Å². The van der Waals surface area contributed by atoms with Gasteiger partial charge in [-0.2, -0.15) is 0 Å². The number of aromatic nitrogens is 3. The molecule has 5 heteroatoms. The average molecular weight is 282 g/mol. The van der Waals surface area contributed by atoms with Crippen LogP contribution < -0.4 is 10.5 Å². The van der Waals surface area contributed by atoms with E-state index in [1.54, 1.807) is 7.11 Å². The second kappa shape index (κ2) is 5.09. The fraction of sp³-hybridized carbons (Fsp3) is 0.250. The number of nitrogens with zero attached hydrogens (tertiary/aromatic N) is 3. The maximum Gasteiger partial charge on any atom is 0.146 e. The molecule has 21 heavy (non-hydrogen) atoms. The largest absolute Gasteiger partial charge is 0.497 e. The molecule has 0 atom stereocenters. The Kier molecular flexibility index (Phi) is 3.25. The zero-order valence-electron chi connectivity index (χ0n) is 12.4. The lowest BCUT2D eigenvalue weighted by Crippen LogP contribution is -2.03. The number of hydrogen-bond donors (Lipinski definition) is 1. The van der Waals surface area contributed by atoms with Crippen LogP contribution in [0.2, 0.25) is 0 Å². The summed E-state index contributed by atoms with van der Waals surface area (Å²) in [5.41, 5.74) is 10.4. The third-order valence-corrected chi connectivity index (χ3v) is 3.93. The Balaban J connectivity index is 2.08. The van der Waals surface area contributed by atoms with Crippen LogP contribution in [-0.4, -0.2) is 21.6 Å². The van der Waals surface area contributed by atoms with Gasteiger partial charge in [-0.3, -0.25) is 0 Å². The zero-order chi connectivity index (χ0) is 15.0. The maximum absolute atomic E-state index is 5.99. The standard InChI is InChI=1S/C16H18N4O/c1-10-11(2)20(16-14(10)15(17)18-9-19-16)8-12-4-6-13(21-3)7-5-12/h4-7,9H,8H2,1-3H3,(H2,17,18,19). The van der Waals surface area contributed by atoms with Crippen LogP contribution in [-0.2, 0) is 6.54 Å². The summed E-state index contributed by atoms with van der Waals surface area (Å²) in [6.45, 7) is 4.89. The van der Waals surface area contributed by atoms with Crippen LogP contribution in [0.4, 0.5) is 5.82 Å². The highest BCUT2D eigenvalue weighted by molar-refractivity contribution is 5.90. The van der Waals surface area contributed by atoms with E-state index in [0.29, 0.717) is 5.82 Å². The van der Waals surface area contributed by atoms with Gasteiger partial charge in [-0.15, -0.1) is 0 Å². The fourth-order valence-corrected chi connectivity index (χ4v) is 2.60. The van der Waals surface area contributed by atoms with Crippen molar-refractivity contribution in [3.8, 4) is 5.75 Å². The molecule has 0 aliphatic rings. The molecule has 0 unspecified atom stereocenters. The van der Waals surface area contributed by atoms with Crippen molar-refractivity contribution in [3.63, 3.8) is 0 Å². The molecule has 0 fully saturated rings. The van der Waals surface area contributed by atoms with Crippen molar-refractivity contribution in [2.75, 3.05) is 12.8 Å². The van der Waals surface area contributed by atoms with Gasteiger partial charge in [-0.05, 0) is 37.1 Å². The Morgan fingerprint density at radius 3 is 2.52 bits per heavy atom. The Labute approximate surface area is 123 Å². The molecule has 0 saturated carbocycles. The minimum Gasteiger partial charge on any atom is -0.497 e. The number of benzene rings is 1. The molecule has 3 aromatic rings. The average Bonchev–Trinajstić information content (AvgIpc) is 2.74. The van der Waals surface area contributed by atoms with Gasteiger partial charge in [0.05, 0.1) is 12.5 Å². The Hall–Kier alpha value is -2.56. The highest BCUT2D eigenvalue weighted by atomic mass is 16.5. The SMILES string of the molecule is COc1ccc(Cn2c(C)c(C)c3c(N)ncnc32)cc1. The first-order valence-electron chi connectivity index (χ1n) is 6.80. The molecule has 3 rings (SSSR count). The van der Waals surface area contributed by atoms with Gasteiger partial charge < -0.3 is 15.0 Å². The lowest BCUT2D eigenvalue weighted by atomic mass is 10.2. The van der Waals surface area contributed by atoms with Gasteiger partial charge in [0.2, 0.25) is 0 Å². The van der Waals surface area contributed by atoms with Gasteiger partial charge in [-0.1, -0.05) is 12.1 Å². The number of anilines is 1. The van der Waals surface area contributed by atoms with Gasteiger partial charge >= 0.3 is 0 Å². The van der Waals surface area contributed by atoms with E-state index in [1.165, 1.54) is 11.9 Å². The van der Waals surface area contributed by atoms with Crippen LogP contribution in [0.1, 0.15) is 16.8 Å². The van der Waals surface area contributed by atoms with E-state index in [2.05, 4.69) is 40.5 Å². The van der Waals surface area contributed by atoms with E-state index in [-0.39, 0.29) is 0 Å². The van der Waals surface area contributed by atoms with Crippen LogP contribution in [0.15, 0.2) is 30.6 Å². The van der Waals surface area contributed by atoms with Gasteiger partial charge in [-0.25, -0.2) is 9.97 Å². The quantitative estimate of drug-likeness (QED) is 0.802. The summed E-state index contributed by atoms with van der Waals surface area (Å²) in [5, 5.41) is 0.948. The molecular formula is C16H18N4O. The van der Waals surface area contributed by atoms with Crippen molar-refractivity contribution in [3.05, 3.63) is 47.4 Å². The summed E-state index contributed by atoms with van der Waals surface area (Å²) in [6.07, 6.45) is 1.51. The van der Waals surface area contributed by atoms with Crippen molar-refractivity contribution >= 4 is 16.9 Å². The predicted octanol–water partition coefficient (Wildman–Crippen LogP) is 2.69. The minimum absolute atomic E-state index is 0.536. The molecule has 0 aliphatic carbocycles. The highest BCUT2D eigenvalue weighted by Crippen LogP contribution is 2.27. The molecule has 2 heterocycles. The Bertz CT molecular complexity index is 790. The molecule has 5 nitrogen and oxygen atoms in total. The number of methoxy groups -OCH3 is 1. The molecule has 108 valence electrons. The van der Waals surface area contributed by atoms with Crippen LogP contribution in [0.25, 0.3) is 11.0 Å². The van der Waals surface area contributed by atoms with E-state index >= 15 is 0 Å². The zero-order valence-corrected chi connectivity index (χ0v) is 12.4. The molecule has 2 N–H and O–H groups in total. The first kappa shape index (κ1) is 13.4. The lowest BCUT2D eigenvalue weighted by Gasteiger charge is -2.09. The number of aryl methyl sites for hydroxylation is 1. The summed E-state index contributed by atoms with van der Waals surface area (Å²) in [4.78, 5) is 8.49. The normalized spacial score (nSPS) is 11.0. The maximum atomic E-state index is 5.99. The van der Waals surface area contributed by atoms with Crippen LogP contribution >= 0.6 is 0 Å². The van der Waals surface area contributed by atoms with Gasteiger partial charge in [0.1, 0.15) is 23.5 Å². The number of nitrogens with two attached hydrogens (primary N) is 1. The molecule has 0 spiro atoms. The van der Waals surface area contributed by atoms with Gasteiger partial charge in [0.15, 0.2) is 0 Å². The second-order valence-corrected chi connectivity index (χ2v) is 5.10. The predicted molar refractivity (Wildman–Crippen MR) is 83.5 cm³/mol. The van der Waals surface area contributed by atoms with Crippen molar-refractivity contribution in [2.24, 2.45) is 0 Å². The molecule has 2 aromatic heterocycles. The number of ether oxygens (including phenoxy) is 1. The van der Waals surface area contributed by atoms with Gasteiger partial charge in [0, 0.05) is 12.2 Å². The summed E-state index contributed by atoms with van der Waals surface area (Å²) in [7, 11) is 1.67. The molecule has 0 aliphatic heterocycles. The highest BCUT2D eigenvalue weighted by Gasteiger charge is 2.15. The van der Waals surface area contributed by atoms with E-state index in [0.717, 1.165) is 34.6 Å². The summed E-state index contributed by atoms with van der Waals surface area (Å²) < 4.78 is 7.36. The van der Waals surface area contributed by atoms with Crippen molar-refractivity contribution in [1.82, 2.24) is 14.5 Å². The van der Waals surface area contributed by atoms with Crippen LogP contribution in [0.5, 0.6) is 5.75 Å². The first-order valence-corrected chi connectivity index (χ1v) is 6.80. The third kappa shape index (κ3) is 2.20. The van der Waals surface area contributed by atoms with E-state index < -0.39 is 0 Å². The molecular weight excluding hydrogens is 264 g/mol. The second-order valence-electron chi connectivity index (χ2n) is 5.10. The van der Waals surface area contributed by atoms with Crippen molar-refractivity contribution in [1.29, 1.82) is 0 Å². The van der Waals surface area contributed by atoms with E-state index in [1.807, 2.05) is 12.1 Å². The molecule has 1 aromatic carbocycles. The lowest BCUT2D eigenvalue weighted by molar-refractivity contribution is 0.414. The number of hydrogen-bond acceptors (Lipinski definition) is 4. The summed E-state index contributed by atoms with van der Waals surface area (Å²) in [5.74, 6) is 1.39. The van der Waals surface area contributed by atoms with Crippen molar-refractivity contribution < 1.29 is 4.74 Å². The summed E-state index contributed by atoms with van der Waals surface area (Å²) in [6, 6.07) is 8.05. The van der Waals surface area contributed by atoms with Gasteiger partial charge in [0.25, 0.3) is 0 Å². The molecule has 0 saturated heterocycles. The number of rotatable bonds is 3. The first-order chi connectivity index (χ1) is 10.1. The van der Waals surface area contributed by atoms with Crippen molar-refractivity contribution in [2.45, 2.75) is 20.4 Å². The Morgan fingerprint density at radius 2 is 1.86 bits per heavy atom. The Morgan fingerprint density at radius 1 is 1.14 bits per heavy atom. The number of fused-ring (bicyclic) bond motifs is 1. The number of nitrogen functional groups attached to an aromatic ring is 1. The van der Waals surface area contributed by atoms with Crippen LogP contribution in [0.3, 0.4) is 0 Å². The monoisotopic (exact) mass is 282 g/mol. The minimum atomic E-state index is 0.536. The third-order valence-electron chi connectivity index (χ3n) is 3.93. The molecule has 0 amide bonds.